The largest absolute Gasteiger partial charge is 0.399 e. The zero-order chi connectivity index (χ0) is 26.8. The molecule has 0 amide bonds. The molecule has 202 valence electrons. The number of aromatic nitrogens is 4. The maximum atomic E-state index is 6.41. The van der Waals surface area contributed by atoms with Crippen molar-refractivity contribution < 1.29 is 4.84 Å². The summed E-state index contributed by atoms with van der Waals surface area (Å²) in [7, 11) is 3.78. The van der Waals surface area contributed by atoms with E-state index in [1.807, 2.05) is 42.5 Å². The summed E-state index contributed by atoms with van der Waals surface area (Å²) in [5.41, 5.74) is 11.7. The molecule has 2 aromatic carbocycles. The molecule has 9 heteroatoms. The van der Waals surface area contributed by atoms with E-state index in [0.29, 0.717) is 17.9 Å². The number of nitrogen functional groups attached to an aromatic ring is 1. The van der Waals surface area contributed by atoms with Gasteiger partial charge in [-0.05, 0) is 32.7 Å². The number of oxime groups is 1. The van der Waals surface area contributed by atoms with E-state index in [2.05, 4.69) is 48.8 Å². The molecular formula is C30H36N8O. The van der Waals surface area contributed by atoms with Gasteiger partial charge in [-0.2, -0.15) is 5.10 Å². The van der Waals surface area contributed by atoms with Crippen LogP contribution in [-0.2, 0) is 4.84 Å². The van der Waals surface area contributed by atoms with Crippen molar-refractivity contribution in [3.8, 4) is 11.3 Å². The minimum atomic E-state index is 0.303. The van der Waals surface area contributed by atoms with Gasteiger partial charge in [0.1, 0.15) is 30.7 Å². The fraction of sp³-hybridized carbons (Fsp3) is 0.400. The molecule has 2 aromatic heterocycles. The summed E-state index contributed by atoms with van der Waals surface area (Å²) in [5, 5.41) is 10.2. The van der Waals surface area contributed by atoms with E-state index in [1.165, 1.54) is 25.9 Å². The highest BCUT2D eigenvalue weighted by molar-refractivity contribution is 6.12. The Morgan fingerprint density at radius 3 is 2.23 bits per heavy atom. The Bertz CT molecular complexity index is 1430. The third-order valence-corrected chi connectivity index (χ3v) is 8.25. The van der Waals surface area contributed by atoms with Crippen LogP contribution in [0.3, 0.4) is 0 Å². The van der Waals surface area contributed by atoms with Gasteiger partial charge in [0.15, 0.2) is 5.65 Å². The average Bonchev–Trinajstić information content (AvgIpc) is 3.38. The van der Waals surface area contributed by atoms with Gasteiger partial charge < -0.3 is 15.5 Å². The quantitative estimate of drug-likeness (QED) is 0.298. The second kappa shape index (κ2) is 11.1. The molecule has 1 saturated heterocycles. The first-order chi connectivity index (χ1) is 19.1. The van der Waals surface area contributed by atoms with Crippen LogP contribution in [0.4, 0.5) is 5.82 Å². The lowest BCUT2D eigenvalue weighted by Gasteiger charge is -2.41. The molecule has 0 unspecified atom stereocenters. The van der Waals surface area contributed by atoms with Crippen LogP contribution in [0.15, 0.2) is 66.1 Å². The summed E-state index contributed by atoms with van der Waals surface area (Å²) < 4.78 is 2.11. The Kier molecular flexibility index (Phi) is 7.26. The number of benzene rings is 2. The molecule has 0 bridgehead atoms. The smallest absolute Gasteiger partial charge is 0.164 e. The molecule has 0 spiro atoms. The Balaban J connectivity index is 1.27. The van der Waals surface area contributed by atoms with Crippen LogP contribution < -0.4 is 5.73 Å². The highest BCUT2D eigenvalue weighted by Crippen LogP contribution is 2.37. The summed E-state index contributed by atoms with van der Waals surface area (Å²) in [6, 6.07) is 19.2. The fourth-order valence-corrected chi connectivity index (χ4v) is 6.05. The van der Waals surface area contributed by atoms with Crippen molar-refractivity contribution in [3.05, 3.63) is 72.1 Å². The van der Waals surface area contributed by atoms with E-state index < -0.39 is 0 Å². The topological polar surface area (TPSA) is 97.7 Å². The molecule has 2 N–H and O–H groups in total. The van der Waals surface area contributed by atoms with Crippen molar-refractivity contribution in [2.24, 2.45) is 5.16 Å². The minimum absolute atomic E-state index is 0.303. The third-order valence-electron chi connectivity index (χ3n) is 8.25. The predicted molar refractivity (Wildman–Crippen MR) is 155 cm³/mol. The predicted octanol–water partition coefficient (Wildman–Crippen LogP) is 4.21. The molecule has 3 heterocycles. The molecule has 1 aliphatic carbocycles. The molecule has 9 nitrogen and oxygen atoms in total. The van der Waals surface area contributed by atoms with Gasteiger partial charge in [0, 0.05) is 48.9 Å². The summed E-state index contributed by atoms with van der Waals surface area (Å²) in [4.78, 5) is 19.2. The number of nitrogens with zero attached hydrogens (tertiary/aromatic N) is 7. The van der Waals surface area contributed by atoms with Crippen LogP contribution in [0.25, 0.3) is 22.3 Å². The molecule has 2 fully saturated rings. The summed E-state index contributed by atoms with van der Waals surface area (Å²) in [5.74, 6) is 0.461. The van der Waals surface area contributed by atoms with Gasteiger partial charge in [0.25, 0.3) is 0 Å². The molecular weight excluding hydrogens is 488 g/mol. The maximum Gasteiger partial charge on any atom is 0.164 e. The lowest BCUT2D eigenvalue weighted by atomic mass is 9.90. The number of fused-ring (bicyclic) bond motifs is 1. The minimum Gasteiger partial charge on any atom is -0.399 e. The first-order valence-corrected chi connectivity index (χ1v) is 13.8. The average molecular weight is 525 g/mol. The van der Waals surface area contributed by atoms with Crippen LogP contribution in [0.2, 0.25) is 0 Å². The molecule has 2 aliphatic rings. The normalized spacial score (nSPS) is 21.3. The van der Waals surface area contributed by atoms with E-state index in [4.69, 9.17) is 15.7 Å². The molecule has 1 saturated carbocycles. The second-order valence-corrected chi connectivity index (χ2v) is 10.6. The number of anilines is 1. The van der Waals surface area contributed by atoms with Crippen molar-refractivity contribution in [2.75, 3.05) is 46.1 Å². The highest BCUT2D eigenvalue weighted by atomic mass is 16.6. The monoisotopic (exact) mass is 524 g/mol. The van der Waals surface area contributed by atoms with Crippen LogP contribution in [0, 0.1) is 0 Å². The Labute approximate surface area is 229 Å². The van der Waals surface area contributed by atoms with Gasteiger partial charge in [-0.25, -0.2) is 14.6 Å². The standard InChI is InChI=1S/C30H36N8O/c1-36-16-18-37(19-17-36)24-12-14-25(15-13-24)38-30-26(29(31)32-20-33-30)28(34-38)23-10-8-22(9-11-23)27(35-39-2)21-6-4-3-5-7-21/h3-11,20,24-25H,12-19H2,1-2H3,(H2,31,32,33)/t24-,25-. The van der Waals surface area contributed by atoms with E-state index in [1.54, 1.807) is 13.4 Å². The van der Waals surface area contributed by atoms with E-state index in [0.717, 1.165) is 65.1 Å². The lowest BCUT2D eigenvalue weighted by molar-refractivity contribution is 0.0815. The number of rotatable bonds is 6. The number of nitrogens with two attached hydrogens (primary N) is 1. The van der Waals surface area contributed by atoms with Crippen molar-refractivity contribution in [1.82, 2.24) is 29.5 Å². The molecule has 39 heavy (non-hydrogen) atoms. The van der Waals surface area contributed by atoms with Gasteiger partial charge in [-0.15, -0.1) is 0 Å². The Morgan fingerprint density at radius 2 is 1.54 bits per heavy atom. The highest BCUT2D eigenvalue weighted by Gasteiger charge is 2.30. The van der Waals surface area contributed by atoms with Crippen molar-refractivity contribution in [1.29, 1.82) is 0 Å². The summed E-state index contributed by atoms with van der Waals surface area (Å²) in [6.45, 7) is 4.65. The van der Waals surface area contributed by atoms with Gasteiger partial charge >= 0.3 is 0 Å². The van der Waals surface area contributed by atoms with Crippen molar-refractivity contribution in [3.63, 3.8) is 0 Å². The van der Waals surface area contributed by atoms with Crippen molar-refractivity contribution >= 4 is 22.6 Å². The molecule has 0 radical (unpaired) electrons. The number of likely N-dealkylation sites (N-methyl/N-ethyl adjacent to an activating group) is 1. The van der Waals surface area contributed by atoms with E-state index in [9.17, 15) is 0 Å². The van der Waals surface area contributed by atoms with Gasteiger partial charge in [-0.3, -0.25) is 4.90 Å². The third kappa shape index (κ3) is 5.12. The summed E-state index contributed by atoms with van der Waals surface area (Å²) in [6.07, 6.45) is 6.09. The number of hydrogen-bond donors (Lipinski definition) is 1. The van der Waals surface area contributed by atoms with E-state index in [-0.39, 0.29) is 0 Å². The van der Waals surface area contributed by atoms with Crippen LogP contribution >= 0.6 is 0 Å². The van der Waals surface area contributed by atoms with Gasteiger partial charge in [0.05, 0.1) is 11.4 Å². The Hall–Kier alpha value is -3.82. The van der Waals surface area contributed by atoms with Crippen molar-refractivity contribution in [2.45, 2.75) is 37.8 Å². The number of piperazine rings is 1. The maximum absolute atomic E-state index is 6.41. The molecule has 0 atom stereocenters. The Morgan fingerprint density at radius 1 is 0.872 bits per heavy atom. The number of hydrogen-bond acceptors (Lipinski definition) is 8. The molecule has 4 aromatic rings. The lowest BCUT2D eigenvalue weighted by Crippen LogP contribution is -2.49. The second-order valence-electron chi connectivity index (χ2n) is 10.6. The summed E-state index contributed by atoms with van der Waals surface area (Å²) >= 11 is 0. The van der Waals surface area contributed by atoms with Crippen LogP contribution in [-0.4, -0.2) is 81.6 Å². The van der Waals surface area contributed by atoms with Gasteiger partial charge in [0.2, 0.25) is 0 Å². The van der Waals surface area contributed by atoms with E-state index >= 15 is 0 Å². The van der Waals surface area contributed by atoms with Crippen LogP contribution in [0.1, 0.15) is 42.9 Å². The fourth-order valence-electron chi connectivity index (χ4n) is 6.05. The zero-order valence-corrected chi connectivity index (χ0v) is 22.7. The first-order valence-electron chi connectivity index (χ1n) is 13.8. The molecule has 6 rings (SSSR count). The molecule has 1 aliphatic heterocycles. The van der Waals surface area contributed by atoms with Crippen LogP contribution in [0.5, 0.6) is 0 Å². The first kappa shape index (κ1) is 25.5. The zero-order valence-electron chi connectivity index (χ0n) is 22.7. The van der Waals surface area contributed by atoms with Gasteiger partial charge in [-0.1, -0.05) is 59.8 Å². The SMILES string of the molecule is CON=C(c1ccccc1)c1ccc(-c2nn([C@H]3CC[C@H](N4CCN(C)CC4)CC3)c3ncnc(N)c23)cc1.